The minimum absolute atomic E-state index is 0.105. The number of alkyl halides is 7. The van der Waals surface area contributed by atoms with Crippen LogP contribution in [-0.4, -0.2) is 46.6 Å². The SMILES string of the molecule is O=C1c2ccnc(-c3ccncc3OCC(F)(F)F)c2CN1c1ccc(C(O)(C(F)F)C(F)F)cc1. The lowest BCUT2D eigenvalue weighted by Gasteiger charge is -2.27. The summed E-state index contributed by atoms with van der Waals surface area (Å²) in [6.45, 7) is -1.67. The predicted molar refractivity (Wildman–Crippen MR) is 112 cm³/mol. The number of carbonyl (C=O) groups excluding carboxylic acids is 1. The van der Waals surface area contributed by atoms with Gasteiger partial charge in [-0.1, -0.05) is 12.1 Å². The van der Waals surface area contributed by atoms with Crippen molar-refractivity contribution >= 4 is 11.6 Å². The largest absolute Gasteiger partial charge is 0.482 e. The Labute approximate surface area is 199 Å². The molecule has 36 heavy (non-hydrogen) atoms. The molecule has 1 aliphatic heterocycles. The van der Waals surface area contributed by atoms with Crippen molar-refractivity contribution in [2.45, 2.75) is 31.2 Å². The maximum absolute atomic E-state index is 13.1. The topological polar surface area (TPSA) is 75.5 Å². The van der Waals surface area contributed by atoms with Crippen LogP contribution in [0, 0.1) is 0 Å². The third kappa shape index (κ3) is 4.57. The van der Waals surface area contributed by atoms with Gasteiger partial charge in [0.2, 0.25) is 5.60 Å². The lowest BCUT2D eigenvalue weighted by molar-refractivity contribution is -0.183. The normalized spacial score (nSPS) is 14.1. The molecule has 0 atom stereocenters. The van der Waals surface area contributed by atoms with Crippen molar-refractivity contribution < 1.29 is 45.4 Å². The summed E-state index contributed by atoms with van der Waals surface area (Å²) in [7, 11) is 0. The van der Waals surface area contributed by atoms with Gasteiger partial charge in [0.15, 0.2) is 6.61 Å². The fraction of sp³-hybridized carbons (Fsp3) is 0.261. The number of benzene rings is 1. The molecular formula is C23H16F7N3O3. The van der Waals surface area contributed by atoms with Crippen molar-refractivity contribution in [3.63, 3.8) is 0 Å². The zero-order valence-corrected chi connectivity index (χ0v) is 18.0. The summed E-state index contributed by atoms with van der Waals surface area (Å²) in [5.74, 6) is -0.740. The highest BCUT2D eigenvalue weighted by Crippen LogP contribution is 2.39. The van der Waals surface area contributed by atoms with Gasteiger partial charge in [-0.05, 0) is 29.8 Å². The predicted octanol–water partition coefficient (Wildman–Crippen LogP) is 4.96. The molecule has 1 aromatic carbocycles. The quantitative estimate of drug-likeness (QED) is 0.450. The van der Waals surface area contributed by atoms with Crippen LogP contribution in [0.1, 0.15) is 21.5 Å². The maximum Gasteiger partial charge on any atom is 0.422 e. The summed E-state index contributed by atoms with van der Waals surface area (Å²) in [4.78, 5) is 22.2. The Morgan fingerprint density at radius 1 is 0.972 bits per heavy atom. The second-order valence-corrected chi connectivity index (χ2v) is 7.83. The number of halogens is 7. The third-order valence-electron chi connectivity index (χ3n) is 5.59. The van der Waals surface area contributed by atoms with Crippen molar-refractivity contribution in [1.82, 2.24) is 9.97 Å². The highest BCUT2D eigenvalue weighted by atomic mass is 19.4. The number of fused-ring (bicyclic) bond motifs is 1. The van der Waals surface area contributed by atoms with Crippen LogP contribution in [-0.2, 0) is 12.1 Å². The summed E-state index contributed by atoms with van der Waals surface area (Å²) in [6, 6.07) is 6.79. The maximum atomic E-state index is 13.1. The Balaban J connectivity index is 1.66. The lowest BCUT2D eigenvalue weighted by atomic mass is 9.94. The minimum Gasteiger partial charge on any atom is -0.482 e. The van der Waals surface area contributed by atoms with Gasteiger partial charge in [0, 0.05) is 34.8 Å². The molecule has 0 unspecified atom stereocenters. The Morgan fingerprint density at radius 3 is 2.22 bits per heavy atom. The molecule has 0 aliphatic carbocycles. The van der Waals surface area contributed by atoms with Crippen LogP contribution in [0.15, 0.2) is 55.0 Å². The number of anilines is 1. The van der Waals surface area contributed by atoms with Crippen LogP contribution < -0.4 is 9.64 Å². The number of nitrogens with zero attached hydrogens (tertiary/aromatic N) is 3. The first-order chi connectivity index (χ1) is 16.9. The fourth-order valence-corrected chi connectivity index (χ4v) is 3.77. The van der Waals surface area contributed by atoms with Crippen LogP contribution in [0.25, 0.3) is 11.3 Å². The molecule has 190 valence electrons. The van der Waals surface area contributed by atoms with Crippen molar-refractivity contribution in [2.24, 2.45) is 0 Å². The van der Waals surface area contributed by atoms with Gasteiger partial charge in [-0.2, -0.15) is 13.2 Å². The van der Waals surface area contributed by atoms with Gasteiger partial charge in [-0.3, -0.25) is 14.8 Å². The van der Waals surface area contributed by atoms with E-state index < -0.39 is 42.7 Å². The average Bonchev–Trinajstić information content (AvgIpc) is 3.18. The number of pyridine rings is 2. The van der Waals surface area contributed by atoms with E-state index in [4.69, 9.17) is 4.74 Å². The standard InChI is InChI=1S/C23H16F7N3O3/c24-20(25)23(35,21(26)27)12-1-3-13(4-2-12)33-10-16-14(19(33)34)6-8-32-18(16)15-5-7-31-9-17(15)36-11-22(28,29)30/h1-9,20-21,35H,10-11H2. The van der Waals surface area contributed by atoms with Crippen LogP contribution in [0.4, 0.5) is 36.4 Å². The summed E-state index contributed by atoms with van der Waals surface area (Å²) >= 11 is 0. The van der Waals surface area contributed by atoms with Gasteiger partial charge >= 0.3 is 6.18 Å². The monoisotopic (exact) mass is 515 g/mol. The van der Waals surface area contributed by atoms with Crippen LogP contribution in [0.2, 0.25) is 0 Å². The Hall–Kier alpha value is -3.74. The van der Waals surface area contributed by atoms with Crippen molar-refractivity contribution in [3.8, 4) is 17.0 Å². The highest BCUT2D eigenvalue weighted by Gasteiger charge is 2.48. The average molecular weight is 515 g/mol. The number of amides is 1. The van der Waals surface area contributed by atoms with Crippen molar-refractivity contribution in [1.29, 1.82) is 0 Å². The van der Waals surface area contributed by atoms with Gasteiger partial charge in [0.1, 0.15) is 5.75 Å². The smallest absolute Gasteiger partial charge is 0.422 e. The second kappa shape index (κ2) is 9.37. The Bertz CT molecular complexity index is 1260. The fourth-order valence-electron chi connectivity index (χ4n) is 3.77. The number of rotatable bonds is 7. The Morgan fingerprint density at radius 2 is 1.61 bits per heavy atom. The summed E-state index contributed by atoms with van der Waals surface area (Å²) < 4.78 is 95.4. The summed E-state index contributed by atoms with van der Waals surface area (Å²) in [6.07, 6.45) is -8.43. The number of aromatic nitrogens is 2. The van der Waals surface area contributed by atoms with Gasteiger partial charge in [0.25, 0.3) is 18.8 Å². The molecule has 0 saturated carbocycles. The lowest BCUT2D eigenvalue weighted by Crippen LogP contribution is -2.41. The molecule has 3 aromatic rings. The van der Waals surface area contributed by atoms with Crippen molar-refractivity contribution in [3.05, 3.63) is 71.7 Å². The zero-order chi connectivity index (χ0) is 26.3. The zero-order valence-electron chi connectivity index (χ0n) is 18.0. The van der Waals surface area contributed by atoms with Crippen LogP contribution >= 0.6 is 0 Å². The third-order valence-corrected chi connectivity index (χ3v) is 5.59. The first-order valence-electron chi connectivity index (χ1n) is 10.3. The van der Waals surface area contributed by atoms with E-state index in [9.17, 15) is 40.6 Å². The molecule has 1 aliphatic rings. The molecule has 0 bridgehead atoms. The second-order valence-electron chi connectivity index (χ2n) is 7.83. The minimum atomic E-state index is -4.60. The van der Waals surface area contributed by atoms with Crippen LogP contribution in [0.3, 0.4) is 0 Å². The van der Waals surface area contributed by atoms with Gasteiger partial charge in [-0.25, -0.2) is 17.6 Å². The van der Waals surface area contributed by atoms with E-state index in [0.717, 1.165) is 30.5 Å². The molecule has 0 saturated heterocycles. The molecule has 2 aromatic heterocycles. The summed E-state index contributed by atoms with van der Waals surface area (Å²) in [5, 5.41) is 9.79. The van der Waals surface area contributed by atoms with E-state index in [1.165, 1.54) is 29.4 Å². The molecule has 0 radical (unpaired) electrons. The first kappa shape index (κ1) is 25.4. The first-order valence-corrected chi connectivity index (χ1v) is 10.3. The summed E-state index contributed by atoms with van der Waals surface area (Å²) in [5.41, 5.74) is -3.39. The van der Waals surface area contributed by atoms with Gasteiger partial charge in [-0.15, -0.1) is 0 Å². The highest BCUT2D eigenvalue weighted by molar-refractivity contribution is 6.11. The number of ether oxygens (including phenoxy) is 1. The number of carbonyl (C=O) groups is 1. The molecule has 13 heteroatoms. The molecular weight excluding hydrogens is 499 g/mol. The number of hydrogen-bond acceptors (Lipinski definition) is 5. The van der Waals surface area contributed by atoms with E-state index >= 15 is 0 Å². The van der Waals surface area contributed by atoms with Crippen molar-refractivity contribution in [2.75, 3.05) is 11.5 Å². The molecule has 1 N–H and O–H groups in total. The molecule has 3 heterocycles. The van der Waals surface area contributed by atoms with Crippen LogP contribution in [0.5, 0.6) is 5.75 Å². The number of hydrogen-bond donors (Lipinski definition) is 1. The van der Waals surface area contributed by atoms with E-state index in [1.54, 1.807) is 0 Å². The van der Waals surface area contributed by atoms with Gasteiger partial charge < -0.3 is 14.7 Å². The molecule has 1 amide bonds. The molecule has 6 nitrogen and oxygen atoms in total. The number of aliphatic hydroxyl groups is 1. The molecule has 0 fully saturated rings. The van der Waals surface area contributed by atoms with E-state index in [2.05, 4.69) is 9.97 Å². The molecule has 0 spiro atoms. The molecule has 4 rings (SSSR count). The Kier molecular flexibility index (Phi) is 6.60. The van der Waals surface area contributed by atoms with E-state index in [-0.39, 0.29) is 34.8 Å². The van der Waals surface area contributed by atoms with E-state index in [1.807, 2.05) is 0 Å². The van der Waals surface area contributed by atoms with Gasteiger partial charge in [0.05, 0.1) is 18.4 Å². The van der Waals surface area contributed by atoms with E-state index in [0.29, 0.717) is 5.56 Å².